The quantitative estimate of drug-likeness (QED) is 0.499. The third kappa shape index (κ3) is 1.12. The van der Waals surface area contributed by atoms with Gasteiger partial charge in [-0.3, -0.25) is 9.69 Å². The number of carbonyl (C=O) groups excluding carboxylic acids is 1. The molecule has 1 aromatic rings. The van der Waals surface area contributed by atoms with Crippen molar-refractivity contribution in [3.05, 3.63) is 0 Å². The first-order chi connectivity index (χ1) is 4.72. The number of H-pyrrole nitrogens is 1. The van der Waals surface area contributed by atoms with Gasteiger partial charge in [0.2, 0.25) is 7.85 Å². The summed E-state index contributed by atoms with van der Waals surface area (Å²) in [6, 6.07) is 0. The van der Waals surface area contributed by atoms with Gasteiger partial charge in [0.25, 0.3) is 5.95 Å². The number of rotatable bonds is 1. The molecule has 0 bridgehead atoms. The number of amides is 1. The Morgan fingerprint density at radius 3 is 2.90 bits per heavy atom. The van der Waals surface area contributed by atoms with Crippen molar-refractivity contribution < 1.29 is 4.79 Å². The van der Waals surface area contributed by atoms with Crippen molar-refractivity contribution in [2.45, 2.75) is 0 Å². The van der Waals surface area contributed by atoms with E-state index >= 15 is 0 Å². The predicted octanol–water partition coefficient (Wildman–Crippen LogP) is -1.08. The molecule has 6 nitrogen and oxygen atoms in total. The van der Waals surface area contributed by atoms with Crippen LogP contribution in [0.1, 0.15) is 0 Å². The highest BCUT2D eigenvalue weighted by Crippen LogP contribution is 1.97. The van der Waals surface area contributed by atoms with Gasteiger partial charge in [-0.05, 0) is 5.21 Å². The first-order valence-electron chi connectivity index (χ1n) is 2.48. The van der Waals surface area contributed by atoms with Crippen LogP contribution in [-0.2, 0) is 0 Å². The van der Waals surface area contributed by atoms with Gasteiger partial charge in [-0.2, -0.15) is 5.21 Å². The fourth-order valence-corrected chi connectivity index (χ4v) is 0.397. The van der Waals surface area contributed by atoms with Gasteiger partial charge in [0, 0.05) is 7.05 Å². The van der Waals surface area contributed by atoms with Crippen molar-refractivity contribution in [2.75, 3.05) is 11.9 Å². The number of hydrogen-bond donors (Lipinski definition) is 1. The second kappa shape index (κ2) is 2.46. The van der Waals surface area contributed by atoms with E-state index in [1.54, 1.807) is 0 Å². The van der Waals surface area contributed by atoms with Crippen molar-refractivity contribution >= 4 is 19.6 Å². The van der Waals surface area contributed by atoms with Gasteiger partial charge in [0.15, 0.2) is 5.81 Å². The monoisotopic (exact) mass is 137 g/mol. The van der Waals surface area contributed by atoms with Gasteiger partial charge in [-0.1, -0.05) is 5.10 Å². The summed E-state index contributed by atoms with van der Waals surface area (Å²) in [7, 11) is 6.34. The largest absolute Gasteiger partial charge is 0.291 e. The molecule has 0 atom stereocenters. The van der Waals surface area contributed by atoms with Crippen LogP contribution >= 0.6 is 0 Å². The maximum Gasteiger partial charge on any atom is 0.271 e. The van der Waals surface area contributed by atoms with E-state index in [1.165, 1.54) is 7.05 Å². The lowest BCUT2D eigenvalue weighted by molar-refractivity contribution is 0.265. The number of carbonyl (C=O) groups is 1. The number of nitrogens with zero attached hydrogens (tertiary/aromatic N) is 4. The molecule has 7 heteroatoms. The van der Waals surface area contributed by atoms with E-state index in [-0.39, 0.29) is 5.95 Å². The molecule has 2 radical (unpaired) electrons. The van der Waals surface area contributed by atoms with Gasteiger partial charge in [-0.25, -0.2) is 0 Å². The van der Waals surface area contributed by atoms with Crippen molar-refractivity contribution in [3.8, 4) is 0 Å². The Labute approximate surface area is 58.0 Å². The molecule has 0 saturated carbocycles. The van der Waals surface area contributed by atoms with E-state index < -0.39 is 5.81 Å². The lowest BCUT2D eigenvalue weighted by atomic mass is 10.1. The third-order valence-corrected chi connectivity index (χ3v) is 0.965. The van der Waals surface area contributed by atoms with Crippen LogP contribution in [0.15, 0.2) is 0 Å². The summed E-state index contributed by atoms with van der Waals surface area (Å²) in [5.74, 6) is -0.464. The zero-order chi connectivity index (χ0) is 7.56. The highest BCUT2D eigenvalue weighted by atomic mass is 16.2. The van der Waals surface area contributed by atoms with Crippen LogP contribution in [0.3, 0.4) is 0 Å². The van der Waals surface area contributed by atoms with E-state index in [1.807, 2.05) is 0 Å². The van der Waals surface area contributed by atoms with E-state index in [0.717, 1.165) is 4.90 Å². The molecule has 1 N–H and O–H groups in total. The third-order valence-electron chi connectivity index (χ3n) is 0.965. The molecule has 1 rings (SSSR count). The van der Waals surface area contributed by atoms with Crippen molar-refractivity contribution in [2.24, 2.45) is 0 Å². The maximum atomic E-state index is 10.4. The first-order valence-corrected chi connectivity index (χ1v) is 2.48. The molecule has 10 heavy (non-hydrogen) atoms. The van der Waals surface area contributed by atoms with Gasteiger partial charge in [0.1, 0.15) is 0 Å². The fourth-order valence-electron chi connectivity index (χ4n) is 0.397. The van der Waals surface area contributed by atoms with Gasteiger partial charge < -0.3 is 0 Å². The average molecular weight is 137 g/mol. The summed E-state index contributed by atoms with van der Waals surface area (Å²) in [6.07, 6.45) is 0. The first kappa shape index (κ1) is 6.72. The molecule has 0 aliphatic heterocycles. The number of tetrazole rings is 1. The topological polar surface area (TPSA) is 74.8 Å². The highest BCUT2D eigenvalue weighted by molar-refractivity contribution is 6.60. The molecule has 0 spiro atoms. The lowest BCUT2D eigenvalue weighted by Crippen LogP contribution is -2.25. The van der Waals surface area contributed by atoms with Crippen LogP contribution in [0, 0.1) is 0 Å². The molecule has 0 unspecified atom stereocenters. The SMILES string of the molecule is [B]C(=O)N(C)c1nn[nH]n1. The van der Waals surface area contributed by atoms with Gasteiger partial charge in [0.05, 0.1) is 0 Å². The second-order valence-corrected chi connectivity index (χ2v) is 1.61. The minimum atomic E-state index is -0.624. The van der Waals surface area contributed by atoms with Crippen molar-refractivity contribution in [1.82, 2.24) is 20.6 Å². The van der Waals surface area contributed by atoms with Gasteiger partial charge >= 0.3 is 0 Å². The molecule has 0 fully saturated rings. The summed E-state index contributed by atoms with van der Waals surface area (Å²) in [5.41, 5.74) is 0. The maximum absolute atomic E-state index is 10.4. The van der Waals surface area contributed by atoms with E-state index in [4.69, 9.17) is 7.85 Å². The standard InChI is InChI=1S/C3H4BN5O/c1-9(2(4)10)3-5-7-8-6-3/h1H3,(H,5,6,7,8). The van der Waals surface area contributed by atoms with Crippen LogP contribution < -0.4 is 4.90 Å². The Balaban J connectivity index is 2.77. The molecule has 0 aliphatic carbocycles. The molecule has 1 aromatic heterocycles. The lowest BCUT2D eigenvalue weighted by Gasteiger charge is -2.07. The normalized spacial score (nSPS) is 9.30. The summed E-state index contributed by atoms with van der Waals surface area (Å²) in [5, 5.41) is 12.5. The highest BCUT2D eigenvalue weighted by Gasteiger charge is 2.07. The summed E-state index contributed by atoms with van der Waals surface area (Å²) in [4.78, 5) is 11.5. The molecule has 50 valence electrons. The second-order valence-electron chi connectivity index (χ2n) is 1.61. The minimum absolute atomic E-state index is 0.160. The minimum Gasteiger partial charge on any atom is -0.291 e. The molecular weight excluding hydrogens is 133 g/mol. The van der Waals surface area contributed by atoms with Crippen molar-refractivity contribution in [3.63, 3.8) is 0 Å². The fraction of sp³-hybridized carbons (Fsp3) is 0.333. The Bertz CT molecular complexity index is 221. The smallest absolute Gasteiger partial charge is 0.271 e. The Hall–Kier alpha value is -1.40. The number of aromatic nitrogens is 4. The van der Waals surface area contributed by atoms with E-state index in [0.29, 0.717) is 0 Å². The number of anilines is 1. The van der Waals surface area contributed by atoms with E-state index in [2.05, 4.69) is 20.6 Å². The summed E-state index contributed by atoms with van der Waals surface area (Å²) in [6.45, 7) is 0. The molecule has 0 aromatic carbocycles. The molecule has 1 heterocycles. The van der Waals surface area contributed by atoms with Gasteiger partial charge in [-0.15, -0.1) is 5.10 Å². The van der Waals surface area contributed by atoms with Crippen LogP contribution in [0.4, 0.5) is 10.7 Å². The number of aromatic amines is 1. The molecule has 0 aliphatic rings. The zero-order valence-corrected chi connectivity index (χ0v) is 5.27. The summed E-state index contributed by atoms with van der Waals surface area (Å²) < 4.78 is 0. The van der Waals surface area contributed by atoms with Crippen LogP contribution in [0.5, 0.6) is 0 Å². The molecular formula is C3H4BN5O. The van der Waals surface area contributed by atoms with E-state index in [9.17, 15) is 4.79 Å². The average Bonchev–Trinajstić information content (AvgIpc) is 2.36. The van der Waals surface area contributed by atoms with Crippen molar-refractivity contribution in [1.29, 1.82) is 0 Å². The van der Waals surface area contributed by atoms with Crippen LogP contribution in [-0.4, -0.2) is 41.3 Å². The number of nitrogens with one attached hydrogen (secondary N) is 1. The Morgan fingerprint density at radius 2 is 2.50 bits per heavy atom. The van der Waals surface area contributed by atoms with Crippen LogP contribution in [0.25, 0.3) is 0 Å². The van der Waals surface area contributed by atoms with Crippen LogP contribution in [0.2, 0.25) is 0 Å². The number of hydrogen-bond acceptors (Lipinski definition) is 4. The Morgan fingerprint density at radius 1 is 1.80 bits per heavy atom. The predicted molar refractivity (Wildman–Crippen MR) is 33.7 cm³/mol. The summed E-state index contributed by atoms with van der Waals surface area (Å²) >= 11 is 0. The molecule has 0 saturated heterocycles. The molecule has 1 amide bonds. The zero-order valence-electron chi connectivity index (χ0n) is 5.27. The Kier molecular flexibility index (Phi) is 1.66.